The number of pyridine rings is 2. The molecule has 0 bridgehead atoms. The Kier molecular flexibility index (Phi) is 8.77. The van der Waals surface area contributed by atoms with Gasteiger partial charge in [-0.2, -0.15) is 5.10 Å². The Morgan fingerprint density at radius 3 is 2.43 bits per heavy atom. The molecule has 1 amide bonds. The molecule has 0 aliphatic carbocycles. The van der Waals surface area contributed by atoms with Crippen molar-refractivity contribution in [2.75, 3.05) is 31.1 Å². The second-order valence-electron chi connectivity index (χ2n) is 11.9. The summed E-state index contributed by atoms with van der Waals surface area (Å²) >= 11 is 0. The molecule has 0 spiro atoms. The molecule has 3 aromatic heterocycles. The summed E-state index contributed by atoms with van der Waals surface area (Å²) in [6.45, 7) is 16.7. The lowest BCUT2D eigenvalue weighted by Gasteiger charge is -2.37. The van der Waals surface area contributed by atoms with E-state index in [1.165, 1.54) is 0 Å². The maximum atomic E-state index is 13.7. The van der Waals surface area contributed by atoms with Crippen molar-refractivity contribution >= 4 is 22.6 Å². The fraction of sp³-hybridized carbons (Fsp3) is 0.455. The van der Waals surface area contributed by atoms with Crippen molar-refractivity contribution in [3.63, 3.8) is 0 Å². The van der Waals surface area contributed by atoms with Crippen LogP contribution < -0.4 is 15.8 Å². The van der Waals surface area contributed by atoms with E-state index >= 15 is 0 Å². The SMILES string of the molecule is CCCc1cc(C)[nH]c(=O)c1CNC(=O)c1cc(-c2ccc(N3CCN(C(C)C)CC3)nc2)cc2nn(C(C)C)cc12. The average Bonchev–Trinajstić information content (AvgIpc) is 3.41. The van der Waals surface area contributed by atoms with Crippen molar-refractivity contribution in [1.29, 1.82) is 0 Å². The maximum absolute atomic E-state index is 13.7. The van der Waals surface area contributed by atoms with Crippen LogP contribution in [0.15, 0.2) is 47.5 Å². The van der Waals surface area contributed by atoms with Crippen LogP contribution in [-0.4, -0.2) is 62.8 Å². The van der Waals surface area contributed by atoms with E-state index in [0.29, 0.717) is 17.2 Å². The van der Waals surface area contributed by atoms with Crippen LogP contribution in [0.25, 0.3) is 22.0 Å². The van der Waals surface area contributed by atoms with Gasteiger partial charge in [0.25, 0.3) is 11.5 Å². The van der Waals surface area contributed by atoms with Crippen LogP contribution in [-0.2, 0) is 13.0 Å². The van der Waals surface area contributed by atoms with Crippen molar-refractivity contribution < 1.29 is 4.79 Å². The highest BCUT2D eigenvalue weighted by molar-refractivity contribution is 6.07. The lowest BCUT2D eigenvalue weighted by atomic mass is 10.0. The van der Waals surface area contributed by atoms with Gasteiger partial charge in [0, 0.05) is 79.4 Å². The van der Waals surface area contributed by atoms with Crippen LogP contribution >= 0.6 is 0 Å². The fourth-order valence-electron chi connectivity index (χ4n) is 5.71. The van der Waals surface area contributed by atoms with Crippen molar-refractivity contribution in [3.05, 3.63) is 75.5 Å². The quantitative estimate of drug-likeness (QED) is 0.291. The van der Waals surface area contributed by atoms with Gasteiger partial charge < -0.3 is 15.2 Å². The number of rotatable bonds is 9. The summed E-state index contributed by atoms with van der Waals surface area (Å²) in [5.41, 5.74) is 5.34. The van der Waals surface area contributed by atoms with Gasteiger partial charge in [-0.25, -0.2) is 4.98 Å². The van der Waals surface area contributed by atoms with Gasteiger partial charge in [-0.3, -0.25) is 19.2 Å². The van der Waals surface area contributed by atoms with Crippen molar-refractivity contribution in [2.24, 2.45) is 0 Å². The minimum absolute atomic E-state index is 0.150. The standard InChI is InChI=1S/C33H43N7O2/c1-7-8-24-15-23(6)36-33(42)28(24)19-35-32(41)27-16-26(17-30-29(27)20-40(37-30)22(4)5)25-9-10-31(34-18-25)39-13-11-38(12-14-39)21(2)3/h9-10,15-18,20-22H,7-8,11-14,19H2,1-6H3,(H,35,41)(H,36,42). The summed E-state index contributed by atoms with van der Waals surface area (Å²) in [6.07, 6.45) is 5.52. The Morgan fingerprint density at radius 1 is 1.02 bits per heavy atom. The van der Waals surface area contributed by atoms with E-state index in [2.05, 4.69) is 66.9 Å². The highest BCUT2D eigenvalue weighted by Crippen LogP contribution is 2.29. The second-order valence-corrected chi connectivity index (χ2v) is 11.9. The number of carbonyl (C=O) groups is 1. The second kappa shape index (κ2) is 12.5. The first-order chi connectivity index (χ1) is 20.1. The zero-order valence-electron chi connectivity index (χ0n) is 25.7. The van der Waals surface area contributed by atoms with Crippen LogP contribution in [0.4, 0.5) is 5.82 Å². The molecule has 1 aromatic carbocycles. The zero-order valence-corrected chi connectivity index (χ0v) is 25.7. The van der Waals surface area contributed by atoms with Crippen LogP contribution in [0.3, 0.4) is 0 Å². The third-order valence-corrected chi connectivity index (χ3v) is 8.17. The van der Waals surface area contributed by atoms with E-state index in [1.807, 2.05) is 42.2 Å². The molecule has 222 valence electrons. The number of benzene rings is 1. The first-order valence-corrected chi connectivity index (χ1v) is 15.1. The zero-order chi connectivity index (χ0) is 30.0. The van der Waals surface area contributed by atoms with E-state index < -0.39 is 0 Å². The molecule has 9 heteroatoms. The Morgan fingerprint density at radius 2 is 1.79 bits per heavy atom. The van der Waals surface area contributed by atoms with Gasteiger partial charge >= 0.3 is 0 Å². The molecule has 1 aliphatic heterocycles. The van der Waals surface area contributed by atoms with E-state index in [-0.39, 0.29) is 24.1 Å². The summed E-state index contributed by atoms with van der Waals surface area (Å²) in [5.74, 6) is 0.733. The highest BCUT2D eigenvalue weighted by Gasteiger charge is 2.21. The van der Waals surface area contributed by atoms with Gasteiger partial charge in [0.05, 0.1) is 11.1 Å². The summed E-state index contributed by atoms with van der Waals surface area (Å²) in [4.78, 5) is 39.0. The van der Waals surface area contributed by atoms with E-state index in [1.54, 1.807) is 0 Å². The number of hydrogen-bond acceptors (Lipinski definition) is 6. The monoisotopic (exact) mass is 569 g/mol. The number of aromatic amines is 1. The Bertz CT molecular complexity index is 1610. The number of carbonyl (C=O) groups excluding carboxylic acids is 1. The number of nitrogens with one attached hydrogen (secondary N) is 2. The smallest absolute Gasteiger partial charge is 0.253 e. The molecule has 42 heavy (non-hydrogen) atoms. The van der Waals surface area contributed by atoms with Crippen molar-refractivity contribution in [3.8, 4) is 11.1 Å². The molecule has 0 atom stereocenters. The normalized spacial score (nSPS) is 14.3. The topological polar surface area (TPSA) is 99.2 Å². The maximum Gasteiger partial charge on any atom is 0.253 e. The molecule has 5 rings (SSSR count). The van der Waals surface area contributed by atoms with Crippen molar-refractivity contribution in [1.82, 2.24) is 30.0 Å². The molecule has 9 nitrogen and oxygen atoms in total. The lowest BCUT2D eigenvalue weighted by molar-refractivity contribution is 0.0952. The number of amides is 1. The number of nitrogens with zero attached hydrogens (tertiary/aromatic N) is 5. The molecule has 0 saturated carbocycles. The lowest BCUT2D eigenvalue weighted by Crippen LogP contribution is -2.49. The van der Waals surface area contributed by atoms with Gasteiger partial charge in [0.1, 0.15) is 5.82 Å². The summed E-state index contributed by atoms with van der Waals surface area (Å²) in [6, 6.07) is 10.8. The van der Waals surface area contributed by atoms with Crippen molar-refractivity contribution in [2.45, 2.75) is 73.0 Å². The largest absolute Gasteiger partial charge is 0.354 e. The van der Waals surface area contributed by atoms with Crippen LogP contribution in [0.5, 0.6) is 0 Å². The summed E-state index contributed by atoms with van der Waals surface area (Å²) in [7, 11) is 0. The van der Waals surface area contributed by atoms with Gasteiger partial charge in [0.15, 0.2) is 0 Å². The minimum Gasteiger partial charge on any atom is -0.354 e. The molecule has 1 fully saturated rings. The third-order valence-electron chi connectivity index (χ3n) is 8.17. The first-order valence-electron chi connectivity index (χ1n) is 15.1. The van der Waals surface area contributed by atoms with Gasteiger partial charge in [0.2, 0.25) is 0 Å². The molecule has 2 N–H and O–H groups in total. The van der Waals surface area contributed by atoms with Crippen LogP contribution in [0.1, 0.15) is 74.3 Å². The Labute approximate surface area is 247 Å². The Balaban J connectivity index is 1.43. The average molecular weight is 570 g/mol. The number of fused-ring (bicyclic) bond motifs is 1. The van der Waals surface area contributed by atoms with Gasteiger partial charge in [-0.15, -0.1) is 0 Å². The number of hydrogen-bond donors (Lipinski definition) is 2. The number of aryl methyl sites for hydroxylation is 2. The van der Waals surface area contributed by atoms with E-state index in [0.717, 1.165) is 78.1 Å². The number of piperazine rings is 1. The molecule has 4 aromatic rings. The fourth-order valence-corrected chi connectivity index (χ4v) is 5.71. The summed E-state index contributed by atoms with van der Waals surface area (Å²) in [5, 5.41) is 8.59. The first kappa shape index (κ1) is 29.5. The van der Waals surface area contributed by atoms with Crippen LogP contribution in [0.2, 0.25) is 0 Å². The Hall–Kier alpha value is -3.98. The molecule has 0 unspecified atom stereocenters. The summed E-state index contributed by atoms with van der Waals surface area (Å²) < 4.78 is 1.88. The molecule has 1 aliphatic rings. The third kappa shape index (κ3) is 6.26. The predicted octanol–water partition coefficient (Wildman–Crippen LogP) is 5.09. The molecular weight excluding hydrogens is 526 g/mol. The van der Waals surface area contributed by atoms with E-state index in [4.69, 9.17) is 10.1 Å². The molecular formula is C33H43N7O2. The van der Waals surface area contributed by atoms with Crippen LogP contribution in [0, 0.1) is 6.92 Å². The number of anilines is 1. The molecule has 4 heterocycles. The van der Waals surface area contributed by atoms with E-state index in [9.17, 15) is 9.59 Å². The minimum atomic E-state index is -0.236. The number of H-pyrrole nitrogens is 1. The van der Waals surface area contributed by atoms with Gasteiger partial charge in [-0.05, 0) is 82.5 Å². The number of aromatic nitrogens is 4. The predicted molar refractivity (Wildman–Crippen MR) is 169 cm³/mol. The highest BCUT2D eigenvalue weighted by atomic mass is 16.1. The molecule has 0 radical (unpaired) electrons. The molecule has 1 saturated heterocycles. The van der Waals surface area contributed by atoms with Gasteiger partial charge in [-0.1, -0.05) is 13.3 Å².